The normalized spacial score (nSPS) is 27.8. The van der Waals surface area contributed by atoms with Crippen molar-refractivity contribution in [1.82, 2.24) is 4.72 Å². The quantitative estimate of drug-likeness (QED) is 0.920. The zero-order valence-corrected chi connectivity index (χ0v) is 12.7. The summed E-state index contributed by atoms with van der Waals surface area (Å²) in [7, 11) is -3.79. The molecule has 2 heterocycles. The molecular formula is C15H19NO4S. The van der Waals surface area contributed by atoms with Crippen LogP contribution in [0.15, 0.2) is 29.2 Å². The lowest BCUT2D eigenvalue weighted by atomic mass is 9.87. The number of nitrogens with one attached hydrogen (secondary N) is 1. The zero-order chi connectivity index (χ0) is 15.0. The van der Waals surface area contributed by atoms with E-state index in [-0.39, 0.29) is 29.4 Å². The number of carbonyl (C=O) groups excluding carboxylic acids is 1. The Morgan fingerprint density at radius 2 is 2.10 bits per heavy atom. The smallest absolute Gasteiger partial charge is 0.264 e. The molecule has 2 aliphatic rings. The van der Waals surface area contributed by atoms with E-state index in [0.717, 1.165) is 19.3 Å². The number of hydrogen-bond acceptors (Lipinski definition) is 4. The highest BCUT2D eigenvalue weighted by Gasteiger charge is 2.41. The molecule has 3 rings (SSSR count). The van der Waals surface area contributed by atoms with Crippen molar-refractivity contribution in [3.05, 3.63) is 29.8 Å². The van der Waals surface area contributed by atoms with Crippen LogP contribution in [0.4, 0.5) is 0 Å². The Balaban J connectivity index is 1.66. The Kier molecular flexibility index (Phi) is 3.75. The van der Waals surface area contributed by atoms with Crippen LogP contribution in [0, 0.1) is 12.8 Å². The molecule has 2 aliphatic heterocycles. The van der Waals surface area contributed by atoms with Crippen LogP contribution in [0.1, 0.15) is 31.2 Å². The first kappa shape index (κ1) is 14.5. The minimum atomic E-state index is -3.79. The fourth-order valence-corrected chi connectivity index (χ4v) is 4.54. The van der Waals surface area contributed by atoms with Crippen molar-refractivity contribution < 1.29 is 17.9 Å². The molecule has 114 valence electrons. The van der Waals surface area contributed by atoms with E-state index < -0.39 is 15.9 Å². The van der Waals surface area contributed by atoms with E-state index >= 15 is 0 Å². The maximum Gasteiger partial charge on any atom is 0.264 e. The van der Waals surface area contributed by atoms with Crippen molar-refractivity contribution in [3.8, 4) is 0 Å². The summed E-state index contributed by atoms with van der Waals surface area (Å²) in [5.74, 6) is -0.296. The third-order valence-corrected chi connectivity index (χ3v) is 5.84. The van der Waals surface area contributed by atoms with Gasteiger partial charge in [0, 0.05) is 6.42 Å². The van der Waals surface area contributed by atoms with Crippen molar-refractivity contribution >= 4 is 15.9 Å². The number of amides is 1. The lowest BCUT2D eigenvalue weighted by Crippen LogP contribution is -2.33. The summed E-state index contributed by atoms with van der Waals surface area (Å²) >= 11 is 0. The molecule has 1 N–H and O–H groups in total. The third-order valence-electron chi connectivity index (χ3n) is 4.31. The second kappa shape index (κ2) is 5.42. The van der Waals surface area contributed by atoms with Crippen molar-refractivity contribution in [3.63, 3.8) is 0 Å². The van der Waals surface area contributed by atoms with Gasteiger partial charge in [0.25, 0.3) is 10.0 Å². The van der Waals surface area contributed by atoms with Crippen LogP contribution in [0.3, 0.4) is 0 Å². The minimum Gasteiger partial charge on any atom is -0.375 e. The fourth-order valence-electron chi connectivity index (χ4n) is 3.30. The number of hydrogen-bond donors (Lipinski definition) is 1. The maximum absolute atomic E-state index is 12.2. The predicted molar refractivity (Wildman–Crippen MR) is 77.1 cm³/mol. The van der Waals surface area contributed by atoms with E-state index in [1.165, 1.54) is 6.07 Å². The number of benzene rings is 1. The minimum absolute atomic E-state index is 0.127. The van der Waals surface area contributed by atoms with Gasteiger partial charge < -0.3 is 4.74 Å². The Bertz CT molecular complexity index is 655. The summed E-state index contributed by atoms with van der Waals surface area (Å²) in [5, 5.41) is 0. The molecule has 2 saturated heterocycles. The molecule has 1 aromatic rings. The van der Waals surface area contributed by atoms with Crippen molar-refractivity contribution in [2.75, 3.05) is 0 Å². The number of fused-ring (bicyclic) bond motifs is 2. The lowest BCUT2D eigenvalue weighted by molar-refractivity contribution is -0.120. The van der Waals surface area contributed by atoms with E-state index in [0.29, 0.717) is 5.56 Å². The van der Waals surface area contributed by atoms with Crippen molar-refractivity contribution in [2.45, 2.75) is 49.7 Å². The van der Waals surface area contributed by atoms with Crippen LogP contribution in [-0.4, -0.2) is 26.5 Å². The van der Waals surface area contributed by atoms with Crippen LogP contribution in [0.2, 0.25) is 0 Å². The van der Waals surface area contributed by atoms with Crippen LogP contribution in [0.25, 0.3) is 0 Å². The molecule has 0 spiro atoms. The Morgan fingerprint density at radius 1 is 1.33 bits per heavy atom. The topological polar surface area (TPSA) is 72.5 Å². The zero-order valence-electron chi connectivity index (χ0n) is 11.9. The average molecular weight is 309 g/mol. The number of aryl methyl sites for hydroxylation is 1. The highest BCUT2D eigenvalue weighted by Crippen LogP contribution is 2.40. The van der Waals surface area contributed by atoms with E-state index in [1.807, 2.05) is 0 Å². The van der Waals surface area contributed by atoms with Gasteiger partial charge in [0.15, 0.2) is 0 Å². The number of sulfonamides is 1. The highest BCUT2D eigenvalue weighted by molar-refractivity contribution is 7.90. The summed E-state index contributed by atoms with van der Waals surface area (Å²) in [6, 6.07) is 6.63. The summed E-state index contributed by atoms with van der Waals surface area (Å²) < 4.78 is 32.3. The third kappa shape index (κ3) is 2.96. The van der Waals surface area contributed by atoms with Crippen molar-refractivity contribution in [1.29, 1.82) is 0 Å². The van der Waals surface area contributed by atoms with Gasteiger partial charge in [-0.25, -0.2) is 13.1 Å². The molecule has 0 radical (unpaired) electrons. The van der Waals surface area contributed by atoms with E-state index in [9.17, 15) is 13.2 Å². The fraction of sp³-hybridized carbons (Fsp3) is 0.533. The van der Waals surface area contributed by atoms with Gasteiger partial charge in [-0.05, 0) is 43.7 Å². The molecule has 1 aromatic carbocycles. The molecule has 0 saturated carbocycles. The standard InChI is InChI=1S/C15H19NO4S/c1-10-4-2-3-5-14(10)21(18,19)16-15(17)9-11-8-12-6-7-13(11)20-12/h2-5,11-13H,6-9H2,1H3,(H,16,17). The van der Waals surface area contributed by atoms with E-state index in [4.69, 9.17) is 4.74 Å². The lowest BCUT2D eigenvalue weighted by Gasteiger charge is -2.18. The first-order valence-corrected chi connectivity index (χ1v) is 8.71. The predicted octanol–water partition coefficient (Wildman–Crippen LogP) is 1.76. The first-order chi connectivity index (χ1) is 9.95. The molecule has 3 unspecified atom stereocenters. The van der Waals surface area contributed by atoms with Gasteiger partial charge in [0.2, 0.25) is 5.91 Å². The average Bonchev–Trinajstić information content (AvgIpc) is 3.00. The Morgan fingerprint density at radius 3 is 2.71 bits per heavy atom. The molecule has 0 aromatic heterocycles. The van der Waals surface area contributed by atoms with Gasteiger partial charge >= 0.3 is 0 Å². The molecule has 2 bridgehead atoms. The first-order valence-electron chi connectivity index (χ1n) is 7.22. The Labute approximate surface area is 124 Å². The van der Waals surface area contributed by atoms with Gasteiger partial charge in [-0.2, -0.15) is 0 Å². The molecule has 5 nitrogen and oxygen atoms in total. The summed E-state index contributed by atoms with van der Waals surface area (Å²) in [6.07, 6.45) is 3.51. The largest absolute Gasteiger partial charge is 0.375 e. The summed E-state index contributed by atoms with van der Waals surface area (Å²) in [6.45, 7) is 1.71. The molecular weight excluding hydrogens is 290 g/mol. The van der Waals surface area contributed by atoms with Crippen LogP contribution in [-0.2, 0) is 19.6 Å². The number of carbonyl (C=O) groups is 1. The van der Waals surface area contributed by atoms with Gasteiger partial charge in [-0.3, -0.25) is 4.79 Å². The molecule has 3 atom stereocenters. The number of rotatable bonds is 4. The van der Waals surface area contributed by atoms with Gasteiger partial charge in [0.05, 0.1) is 17.1 Å². The summed E-state index contributed by atoms with van der Waals surface area (Å²) in [4.78, 5) is 12.2. The number of ether oxygens (including phenoxy) is 1. The van der Waals surface area contributed by atoms with Crippen LogP contribution < -0.4 is 4.72 Å². The molecule has 1 amide bonds. The molecule has 0 aliphatic carbocycles. The van der Waals surface area contributed by atoms with Gasteiger partial charge in [0.1, 0.15) is 0 Å². The van der Waals surface area contributed by atoms with Crippen molar-refractivity contribution in [2.24, 2.45) is 5.92 Å². The second-order valence-electron chi connectivity index (χ2n) is 5.87. The van der Waals surface area contributed by atoms with Gasteiger partial charge in [-0.1, -0.05) is 18.2 Å². The van der Waals surface area contributed by atoms with E-state index in [2.05, 4.69) is 4.72 Å². The van der Waals surface area contributed by atoms with Crippen LogP contribution >= 0.6 is 0 Å². The highest BCUT2D eigenvalue weighted by atomic mass is 32.2. The molecule has 6 heteroatoms. The monoisotopic (exact) mass is 309 g/mol. The summed E-state index contributed by atoms with van der Waals surface area (Å²) in [5.41, 5.74) is 0.626. The maximum atomic E-state index is 12.2. The van der Waals surface area contributed by atoms with E-state index in [1.54, 1.807) is 25.1 Å². The Hall–Kier alpha value is -1.40. The molecule has 21 heavy (non-hydrogen) atoms. The van der Waals surface area contributed by atoms with Crippen LogP contribution in [0.5, 0.6) is 0 Å². The molecule has 2 fully saturated rings. The SMILES string of the molecule is Cc1ccccc1S(=O)(=O)NC(=O)CC1CC2CCC1O2. The second-order valence-corrected chi connectivity index (χ2v) is 7.52. The van der Waals surface area contributed by atoms with Gasteiger partial charge in [-0.15, -0.1) is 0 Å².